The van der Waals surface area contributed by atoms with E-state index in [9.17, 15) is 4.79 Å². The minimum Gasteiger partial charge on any atom is -0.392 e. The van der Waals surface area contributed by atoms with E-state index in [0.29, 0.717) is 12.1 Å². The van der Waals surface area contributed by atoms with Crippen molar-refractivity contribution < 1.29 is 9.90 Å². The van der Waals surface area contributed by atoms with Crippen molar-refractivity contribution in [3.8, 4) is 0 Å². The minimum absolute atomic E-state index is 0.0382. The summed E-state index contributed by atoms with van der Waals surface area (Å²) in [4.78, 5) is 11.4. The number of hydrogen-bond acceptors (Lipinski definition) is 3. The molecule has 1 unspecified atom stereocenters. The number of carbonyl (C=O) groups excluding carboxylic acids is 1. The average Bonchev–Trinajstić information content (AvgIpc) is 2.28. The van der Waals surface area contributed by atoms with Crippen LogP contribution in [0.3, 0.4) is 0 Å². The minimum atomic E-state index is -0.484. The molecular weight excluding hydrogens is 192 g/mol. The van der Waals surface area contributed by atoms with Crippen LogP contribution in [-0.2, 0) is 11.4 Å². The zero-order valence-corrected chi connectivity index (χ0v) is 8.73. The molecule has 4 nitrogen and oxygen atoms in total. The summed E-state index contributed by atoms with van der Waals surface area (Å²) in [5, 5.41) is 11.6. The Kier molecular flexibility index (Phi) is 4.27. The number of aliphatic hydroxyl groups is 1. The van der Waals surface area contributed by atoms with E-state index in [2.05, 4.69) is 5.32 Å². The van der Waals surface area contributed by atoms with Gasteiger partial charge in [-0.25, -0.2) is 0 Å². The summed E-state index contributed by atoms with van der Waals surface area (Å²) in [6, 6.07) is 6.57. The highest BCUT2D eigenvalue weighted by Gasteiger charge is 2.10. The topological polar surface area (TPSA) is 75.4 Å². The van der Waals surface area contributed by atoms with Crippen LogP contribution in [0, 0.1) is 0 Å². The molecule has 0 aliphatic rings. The fourth-order valence-electron chi connectivity index (χ4n) is 1.17. The number of amides is 1. The zero-order chi connectivity index (χ0) is 11.3. The first-order chi connectivity index (χ1) is 7.17. The lowest BCUT2D eigenvalue weighted by Crippen LogP contribution is -2.34. The summed E-state index contributed by atoms with van der Waals surface area (Å²) >= 11 is 0. The first-order valence-corrected chi connectivity index (χ1v) is 4.93. The molecule has 1 aromatic rings. The fourth-order valence-corrected chi connectivity index (χ4v) is 1.17. The molecule has 0 aliphatic carbocycles. The lowest BCUT2D eigenvalue weighted by molar-refractivity contribution is -0.117. The quantitative estimate of drug-likeness (QED) is 0.686. The Morgan fingerprint density at radius 2 is 2.33 bits per heavy atom. The van der Waals surface area contributed by atoms with Crippen LogP contribution in [0.25, 0.3) is 0 Å². The number of nitrogens with one attached hydrogen (secondary N) is 1. The van der Waals surface area contributed by atoms with Crippen LogP contribution in [0.4, 0.5) is 5.69 Å². The molecule has 0 heterocycles. The van der Waals surface area contributed by atoms with Crippen molar-refractivity contribution in [2.24, 2.45) is 5.73 Å². The number of nitrogens with two attached hydrogens (primary N) is 1. The van der Waals surface area contributed by atoms with Gasteiger partial charge in [0.2, 0.25) is 5.91 Å². The number of rotatable bonds is 4. The van der Waals surface area contributed by atoms with Crippen LogP contribution < -0.4 is 11.1 Å². The zero-order valence-electron chi connectivity index (χ0n) is 8.73. The summed E-state index contributed by atoms with van der Waals surface area (Å²) in [6.45, 7) is 1.82. The van der Waals surface area contributed by atoms with E-state index in [-0.39, 0.29) is 12.5 Å². The molecule has 1 aromatic carbocycles. The molecule has 1 rings (SSSR count). The Labute approximate surface area is 89.1 Å². The van der Waals surface area contributed by atoms with Gasteiger partial charge in [-0.3, -0.25) is 4.79 Å². The average molecular weight is 208 g/mol. The predicted octanol–water partition coefficient (Wildman–Crippen LogP) is 0.855. The summed E-state index contributed by atoms with van der Waals surface area (Å²) < 4.78 is 0. The van der Waals surface area contributed by atoms with Crippen molar-refractivity contribution in [2.45, 2.75) is 26.0 Å². The standard InChI is InChI=1S/C11H16N2O2/c1-2-10(12)11(15)13-9-5-3-4-8(6-9)7-14/h3-6,10,14H,2,7,12H2,1H3,(H,13,15). The largest absolute Gasteiger partial charge is 0.392 e. The summed E-state index contributed by atoms with van der Waals surface area (Å²) in [5.74, 6) is -0.201. The lowest BCUT2D eigenvalue weighted by atomic mass is 10.2. The normalized spacial score (nSPS) is 12.2. The molecule has 0 aromatic heterocycles. The Morgan fingerprint density at radius 3 is 2.93 bits per heavy atom. The highest BCUT2D eigenvalue weighted by molar-refractivity contribution is 5.94. The second-order valence-corrected chi connectivity index (χ2v) is 3.36. The van der Waals surface area contributed by atoms with Crippen LogP contribution in [0.5, 0.6) is 0 Å². The number of carbonyl (C=O) groups is 1. The van der Waals surface area contributed by atoms with Gasteiger partial charge in [0.1, 0.15) is 0 Å². The van der Waals surface area contributed by atoms with Crippen molar-refractivity contribution >= 4 is 11.6 Å². The molecule has 0 bridgehead atoms. The van der Waals surface area contributed by atoms with Gasteiger partial charge in [-0.05, 0) is 24.1 Å². The third-order valence-corrected chi connectivity index (χ3v) is 2.15. The van der Waals surface area contributed by atoms with E-state index >= 15 is 0 Å². The Bertz CT molecular complexity index is 339. The van der Waals surface area contributed by atoms with Crippen molar-refractivity contribution in [1.82, 2.24) is 0 Å². The van der Waals surface area contributed by atoms with Gasteiger partial charge in [0.05, 0.1) is 12.6 Å². The molecule has 1 atom stereocenters. The fraction of sp³-hybridized carbons (Fsp3) is 0.364. The molecule has 4 heteroatoms. The van der Waals surface area contributed by atoms with E-state index in [1.165, 1.54) is 0 Å². The van der Waals surface area contributed by atoms with Gasteiger partial charge in [0, 0.05) is 5.69 Å². The Morgan fingerprint density at radius 1 is 1.60 bits per heavy atom. The second kappa shape index (κ2) is 5.48. The van der Waals surface area contributed by atoms with Gasteiger partial charge in [-0.1, -0.05) is 19.1 Å². The number of aliphatic hydroxyl groups excluding tert-OH is 1. The SMILES string of the molecule is CCC(N)C(=O)Nc1cccc(CO)c1. The third-order valence-electron chi connectivity index (χ3n) is 2.15. The van der Waals surface area contributed by atoms with Crippen LogP contribution in [0.1, 0.15) is 18.9 Å². The van der Waals surface area contributed by atoms with E-state index in [1.54, 1.807) is 24.3 Å². The van der Waals surface area contributed by atoms with E-state index in [1.807, 2.05) is 6.92 Å². The molecule has 0 aliphatic heterocycles. The summed E-state index contributed by atoms with van der Waals surface area (Å²) in [5.41, 5.74) is 7.00. The second-order valence-electron chi connectivity index (χ2n) is 3.36. The molecule has 0 fully saturated rings. The van der Waals surface area contributed by atoms with Crippen molar-refractivity contribution in [3.05, 3.63) is 29.8 Å². The summed E-state index contributed by atoms with van der Waals surface area (Å²) in [6.07, 6.45) is 0.603. The molecule has 0 saturated heterocycles. The molecule has 0 saturated carbocycles. The van der Waals surface area contributed by atoms with Gasteiger partial charge < -0.3 is 16.2 Å². The monoisotopic (exact) mass is 208 g/mol. The molecule has 0 spiro atoms. The third kappa shape index (κ3) is 3.34. The van der Waals surface area contributed by atoms with Crippen molar-refractivity contribution in [1.29, 1.82) is 0 Å². The van der Waals surface area contributed by atoms with Gasteiger partial charge in [0.25, 0.3) is 0 Å². The van der Waals surface area contributed by atoms with Crippen LogP contribution in [0.15, 0.2) is 24.3 Å². The maximum Gasteiger partial charge on any atom is 0.241 e. The Balaban J connectivity index is 2.68. The maximum atomic E-state index is 11.4. The summed E-state index contributed by atoms with van der Waals surface area (Å²) in [7, 11) is 0. The molecule has 4 N–H and O–H groups in total. The van der Waals surface area contributed by atoms with E-state index in [4.69, 9.17) is 10.8 Å². The van der Waals surface area contributed by atoms with E-state index in [0.717, 1.165) is 5.56 Å². The number of benzene rings is 1. The first kappa shape index (κ1) is 11.7. The van der Waals surface area contributed by atoms with Crippen LogP contribution >= 0.6 is 0 Å². The number of anilines is 1. The van der Waals surface area contributed by atoms with E-state index < -0.39 is 6.04 Å². The first-order valence-electron chi connectivity index (χ1n) is 4.93. The predicted molar refractivity (Wildman–Crippen MR) is 59.3 cm³/mol. The van der Waals surface area contributed by atoms with Crippen molar-refractivity contribution in [3.63, 3.8) is 0 Å². The molecule has 0 radical (unpaired) electrons. The van der Waals surface area contributed by atoms with Gasteiger partial charge in [-0.15, -0.1) is 0 Å². The maximum absolute atomic E-state index is 11.4. The van der Waals surface area contributed by atoms with Crippen molar-refractivity contribution in [2.75, 3.05) is 5.32 Å². The van der Waals surface area contributed by atoms with Gasteiger partial charge >= 0.3 is 0 Å². The smallest absolute Gasteiger partial charge is 0.241 e. The van der Waals surface area contributed by atoms with Gasteiger partial charge in [-0.2, -0.15) is 0 Å². The van der Waals surface area contributed by atoms with Gasteiger partial charge in [0.15, 0.2) is 0 Å². The molecule has 82 valence electrons. The highest BCUT2D eigenvalue weighted by Crippen LogP contribution is 2.10. The Hall–Kier alpha value is -1.39. The molecule has 1 amide bonds. The highest BCUT2D eigenvalue weighted by atomic mass is 16.3. The number of hydrogen-bond donors (Lipinski definition) is 3. The van der Waals surface area contributed by atoms with Crippen LogP contribution in [0.2, 0.25) is 0 Å². The molecular formula is C11H16N2O2. The molecule has 15 heavy (non-hydrogen) atoms. The lowest BCUT2D eigenvalue weighted by Gasteiger charge is -2.10. The van der Waals surface area contributed by atoms with Crippen LogP contribution in [-0.4, -0.2) is 17.1 Å².